The maximum atomic E-state index is 11.4. The van der Waals surface area contributed by atoms with Crippen LogP contribution in [0.3, 0.4) is 0 Å². The normalized spacial score (nSPS) is 10.3. The van der Waals surface area contributed by atoms with E-state index in [1.54, 1.807) is 6.92 Å². The van der Waals surface area contributed by atoms with Crippen molar-refractivity contribution in [3.05, 3.63) is 12.7 Å². The van der Waals surface area contributed by atoms with Crippen LogP contribution >= 0.6 is 0 Å². The standard InChI is InChI=1S/C17H30O4/c1-3-5-6-7-8-9-10-11-12-13-20-15-16(18)14-17(19)21-4-2/h3H,1,4-15H2,2H3. The number of rotatable bonds is 15. The third-order valence-electron chi connectivity index (χ3n) is 3.11. The van der Waals surface area contributed by atoms with Gasteiger partial charge in [0.25, 0.3) is 0 Å². The Morgan fingerprint density at radius 1 is 1.00 bits per heavy atom. The molecule has 0 aromatic rings. The van der Waals surface area contributed by atoms with Gasteiger partial charge in [0.1, 0.15) is 13.0 Å². The highest BCUT2D eigenvalue weighted by Crippen LogP contribution is 2.08. The number of esters is 1. The predicted molar refractivity (Wildman–Crippen MR) is 84.2 cm³/mol. The number of hydrogen-bond acceptors (Lipinski definition) is 4. The SMILES string of the molecule is C=CCCCCCCCCCOCC(=O)CC(=O)OCC. The average molecular weight is 298 g/mol. The Bertz CT molecular complexity index is 287. The Labute approximate surface area is 128 Å². The second-order valence-corrected chi connectivity index (χ2v) is 5.13. The van der Waals surface area contributed by atoms with Gasteiger partial charge in [0.05, 0.1) is 6.61 Å². The Balaban J connectivity index is 3.23. The number of ketones is 1. The summed E-state index contributed by atoms with van der Waals surface area (Å²) in [6.07, 6.45) is 11.3. The summed E-state index contributed by atoms with van der Waals surface area (Å²) in [5, 5.41) is 0. The van der Waals surface area contributed by atoms with E-state index in [-0.39, 0.29) is 18.8 Å². The van der Waals surface area contributed by atoms with Crippen LogP contribution in [0.15, 0.2) is 12.7 Å². The monoisotopic (exact) mass is 298 g/mol. The molecule has 0 aromatic heterocycles. The van der Waals surface area contributed by atoms with E-state index in [9.17, 15) is 9.59 Å². The summed E-state index contributed by atoms with van der Waals surface area (Å²) in [7, 11) is 0. The average Bonchev–Trinajstić information content (AvgIpc) is 2.45. The van der Waals surface area contributed by atoms with Crippen LogP contribution in [0.1, 0.15) is 64.7 Å². The van der Waals surface area contributed by atoms with Crippen molar-refractivity contribution in [1.29, 1.82) is 0 Å². The highest BCUT2D eigenvalue weighted by molar-refractivity contribution is 5.96. The fraction of sp³-hybridized carbons (Fsp3) is 0.765. The van der Waals surface area contributed by atoms with Gasteiger partial charge in [-0.2, -0.15) is 0 Å². The molecule has 0 bridgehead atoms. The van der Waals surface area contributed by atoms with Crippen LogP contribution in [0.5, 0.6) is 0 Å². The minimum absolute atomic E-state index is 0.0143. The topological polar surface area (TPSA) is 52.6 Å². The van der Waals surface area contributed by atoms with Crippen LogP contribution in [0, 0.1) is 0 Å². The third-order valence-corrected chi connectivity index (χ3v) is 3.11. The van der Waals surface area contributed by atoms with Crippen molar-refractivity contribution in [2.75, 3.05) is 19.8 Å². The first-order valence-electron chi connectivity index (χ1n) is 8.06. The van der Waals surface area contributed by atoms with E-state index >= 15 is 0 Å². The second-order valence-electron chi connectivity index (χ2n) is 5.13. The Kier molecular flexibility index (Phi) is 14.4. The van der Waals surface area contributed by atoms with Gasteiger partial charge in [-0.05, 0) is 26.2 Å². The molecule has 21 heavy (non-hydrogen) atoms. The molecular formula is C17H30O4. The molecule has 0 radical (unpaired) electrons. The summed E-state index contributed by atoms with van der Waals surface area (Å²) in [4.78, 5) is 22.4. The summed E-state index contributed by atoms with van der Waals surface area (Å²) in [5.41, 5.74) is 0. The molecule has 0 aromatic carbocycles. The second kappa shape index (κ2) is 15.2. The molecule has 0 N–H and O–H groups in total. The van der Waals surface area contributed by atoms with Crippen LogP contribution < -0.4 is 0 Å². The highest BCUT2D eigenvalue weighted by Gasteiger charge is 2.09. The first-order chi connectivity index (χ1) is 10.2. The maximum Gasteiger partial charge on any atom is 0.313 e. The molecule has 0 atom stereocenters. The number of allylic oxidation sites excluding steroid dienone is 1. The molecule has 0 saturated heterocycles. The van der Waals surface area contributed by atoms with E-state index in [2.05, 4.69) is 6.58 Å². The van der Waals surface area contributed by atoms with E-state index in [1.165, 1.54) is 32.1 Å². The lowest BCUT2D eigenvalue weighted by atomic mass is 10.1. The van der Waals surface area contributed by atoms with E-state index in [0.717, 1.165) is 19.3 Å². The van der Waals surface area contributed by atoms with Gasteiger partial charge in [0.15, 0.2) is 5.78 Å². The molecule has 0 amide bonds. The van der Waals surface area contributed by atoms with E-state index in [1.807, 2.05) is 6.08 Å². The molecule has 4 nitrogen and oxygen atoms in total. The van der Waals surface area contributed by atoms with Crippen LogP contribution in [-0.4, -0.2) is 31.6 Å². The predicted octanol–water partition coefficient (Wildman–Crippen LogP) is 3.83. The van der Waals surface area contributed by atoms with Gasteiger partial charge in [-0.25, -0.2) is 0 Å². The molecule has 0 aliphatic heterocycles. The molecule has 0 fully saturated rings. The van der Waals surface area contributed by atoms with E-state index < -0.39 is 5.97 Å². The summed E-state index contributed by atoms with van der Waals surface area (Å²) in [5.74, 6) is -0.682. The minimum Gasteiger partial charge on any atom is -0.466 e. The van der Waals surface area contributed by atoms with Crippen molar-refractivity contribution in [3.8, 4) is 0 Å². The van der Waals surface area contributed by atoms with E-state index in [4.69, 9.17) is 9.47 Å². The number of hydrogen-bond donors (Lipinski definition) is 0. The number of carbonyl (C=O) groups excluding carboxylic acids is 2. The quantitative estimate of drug-likeness (QED) is 0.199. The number of ether oxygens (including phenoxy) is 2. The number of unbranched alkanes of at least 4 members (excludes halogenated alkanes) is 7. The Hall–Kier alpha value is -1.16. The summed E-state index contributed by atoms with van der Waals surface area (Å²) >= 11 is 0. The van der Waals surface area contributed by atoms with Crippen LogP contribution in [0.2, 0.25) is 0 Å². The lowest BCUT2D eigenvalue weighted by Crippen LogP contribution is -2.16. The number of Topliss-reactive ketones (excluding diaryl/α,β-unsaturated/α-hetero) is 1. The lowest BCUT2D eigenvalue weighted by molar-refractivity contribution is -0.146. The van der Waals surface area contributed by atoms with Crippen molar-refractivity contribution < 1.29 is 19.1 Å². The first-order valence-corrected chi connectivity index (χ1v) is 8.06. The molecule has 0 rings (SSSR count). The Morgan fingerprint density at radius 2 is 1.62 bits per heavy atom. The fourth-order valence-corrected chi connectivity index (χ4v) is 1.99. The molecule has 0 heterocycles. The van der Waals surface area contributed by atoms with Crippen molar-refractivity contribution >= 4 is 11.8 Å². The zero-order chi connectivity index (χ0) is 15.8. The Morgan fingerprint density at radius 3 is 2.24 bits per heavy atom. The van der Waals surface area contributed by atoms with Gasteiger partial charge >= 0.3 is 5.97 Å². The van der Waals surface area contributed by atoms with Gasteiger partial charge in [-0.3, -0.25) is 9.59 Å². The fourth-order valence-electron chi connectivity index (χ4n) is 1.99. The largest absolute Gasteiger partial charge is 0.466 e. The molecular weight excluding hydrogens is 268 g/mol. The van der Waals surface area contributed by atoms with Gasteiger partial charge < -0.3 is 9.47 Å². The number of carbonyl (C=O) groups is 2. The van der Waals surface area contributed by atoms with Gasteiger partial charge in [0.2, 0.25) is 0 Å². The molecule has 0 aliphatic carbocycles. The lowest BCUT2D eigenvalue weighted by Gasteiger charge is -2.04. The molecule has 0 spiro atoms. The van der Waals surface area contributed by atoms with E-state index in [0.29, 0.717) is 13.2 Å². The van der Waals surface area contributed by atoms with Crippen molar-refractivity contribution in [1.82, 2.24) is 0 Å². The summed E-state index contributed by atoms with van der Waals surface area (Å²) in [6, 6.07) is 0. The minimum atomic E-state index is -0.470. The molecule has 122 valence electrons. The van der Waals surface area contributed by atoms with Crippen molar-refractivity contribution in [3.63, 3.8) is 0 Å². The highest BCUT2D eigenvalue weighted by atomic mass is 16.5. The van der Waals surface area contributed by atoms with Crippen LogP contribution in [0.25, 0.3) is 0 Å². The maximum absolute atomic E-state index is 11.4. The molecule has 0 aliphatic rings. The zero-order valence-electron chi connectivity index (χ0n) is 13.4. The van der Waals surface area contributed by atoms with Gasteiger partial charge in [0, 0.05) is 6.61 Å². The summed E-state index contributed by atoms with van der Waals surface area (Å²) < 4.78 is 9.96. The van der Waals surface area contributed by atoms with Crippen molar-refractivity contribution in [2.24, 2.45) is 0 Å². The first kappa shape index (κ1) is 19.8. The van der Waals surface area contributed by atoms with Crippen molar-refractivity contribution in [2.45, 2.75) is 64.7 Å². The van der Waals surface area contributed by atoms with Gasteiger partial charge in [-0.1, -0.05) is 38.2 Å². The summed E-state index contributed by atoms with van der Waals surface area (Å²) in [6.45, 7) is 6.34. The van der Waals surface area contributed by atoms with Crippen LogP contribution in [-0.2, 0) is 19.1 Å². The third kappa shape index (κ3) is 15.1. The smallest absolute Gasteiger partial charge is 0.313 e. The molecule has 0 saturated carbocycles. The molecule has 0 unspecified atom stereocenters. The zero-order valence-corrected chi connectivity index (χ0v) is 13.4. The molecule has 4 heteroatoms. The van der Waals surface area contributed by atoms with Gasteiger partial charge in [-0.15, -0.1) is 6.58 Å². The van der Waals surface area contributed by atoms with Crippen LogP contribution in [0.4, 0.5) is 0 Å².